The number of ether oxygens (including phenoxy) is 1. The Bertz CT molecular complexity index is 625. The minimum atomic E-state index is -0.374. The molecule has 0 radical (unpaired) electrons. The maximum atomic E-state index is 12.3. The summed E-state index contributed by atoms with van der Waals surface area (Å²) in [4.78, 5) is 13.1. The van der Waals surface area contributed by atoms with Crippen molar-refractivity contribution in [3.8, 4) is 11.5 Å². The molecule has 0 spiro atoms. The molecule has 0 amide bonds. The average Bonchev–Trinajstić information content (AvgIpc) is 2.55. The molecule has 116 valence electrons. The molecule has 22 heavy (non-hydrogen) atoms. The number of carbonyl (C=O) groups excluding carboxylic acids is 1. The summed E-state index contributed by atoms with van der Waals surface area (Å²) in [6.45, 7) is 1.93. The van der Waals surface area contributed by atoms with Gasteiger partial charge >= 0.3 is 5.97 Å². The van der Waals surface area contributed by atoms with Crippen LogP contribution in [-0.2, 0) is 8.98 Å². The number of para-hydroxylation sites is 1. The van der Waals surface area contributed by atoms with Crippen molar-refractivity contribution in [1.29, 1.82) is 0 Å². The highest BCUT2D eigenvalue weighted by Gasteiger charge is 2.24. The summed E-state index contributed by atoms with van der Waals surface area (Å²) in [7, 11) is 1.59. The summed E-state index contributed by atoms with van der Waals surface area (Å²) in [5.41, 5.74) is 0.823. The van der Waals surface area contributed by atoms with Gasteiger partial charge in [0.2, 0.25) is 0 Å². The van der Waals surface area contributed by atoms with E-state index in [0.717, 1.165) is 22.5 Å². The second kappa shape index (κ2) is 7.75. The predicted molar refractivity (Wildman–Crippen MR) is 86.1 cm³/mol. The maximum absolute atomic E-state index is 12.3. The maximum Gasteiger partial charge on any atom is 0.325 e. The van der Waals surface area contributed by atoms with Crippen molar-refractivity contribution in [3.05, 3.63) is 54.1 Å². The van der Waals surface area contributed by atoms with Crippen molar-refractivity contribution in [1.82, 2.24) is 0 Å². The molecule has 0 saturated carbocycles. The first-order valence-electron chi connectivity index (χ1n) is 6.96. The zero-order valence-corrected chi connectivity index (χ0v) is 13.3. The summed E-state index contributed by atoms with van der Waals surface area (Å²) in [6, 6.07) is 13.9. The minimum absolute atomic E-state index is 0.177. The fourth-order valence-corrected chi connectivity index (χ4v) is 2.66. The first-order valence-corrected chi connectivity index (χ1v) is 7.70. The van der Waals surface area contributed by atoms with Gasteiger partial charge in [-0.05, 0) is 36.8 Å². The Morgan fingerprint density at radius 2 is 1.86 bits per heavy atom. The second-order valence-electron chi connectivity index (χ2n) is 4.68. The molecule has 0 aliphatic rings. The molecule has 2 aromatic carbocycles. The molecule has 2 aromatic rings. The lowest BCUT2D eigenvalue weighted by Crippen LogP contribution is -2.13. The summed E-state index contributed by atoms with van der Waals surface area (Å²) < 4.78 is 10.6. The third-order valence-electron chi connectivity index (χ3n) is 3.26. The smallest absolute Gasteiger partial charge is 0.325 e. The van der Waals surface area contributed by atoms with E-state index in [4.69, 9.17) is 8.92 Å². The van der Waals surface area contributed by atoms with Crippen LogP contribution in [0.25, 0.3) is 0 Å². The highest BCUT2D eigenvalue weighted by atomic mass is 32.2. The van der Waals surface area contributed by atoms with Crippen molar-refractivity contribution in [3.63, 3.8) is 0 Å². The van der Waals surface area contributed by atoms with Gasteiger partial charge in [0.15, 0.2) is 0 Å². The van der Waals surface area contributed by atoms with Gasteiger partial charge in [-0.2, -0.15) is 0 Å². The molecular formula is C17H18O4S. The third kappa shape index (κ3) is 3.95. The Hall–Kier alpha value is -2.14. The first-order chi connectivity index (χ1) is 10.7. The monoisotopic (exact) mass is 318 g/mol. The fourth-order valence-electron chi connectivity index (χ4n) is 2.12. The fraction of sp³-hybridized carbons (Fsp3) is 0.235. The van der Waals surface area contributed by atoms with Crippen molar-refractivity contribution in [2.24, 2.45) is 0 Å². The Labute approximate surface area is 134 Å². The Kier molecular flexibility index (Phi) is 5.72. The molecule has 1 unspecified atom stereocenters. The van der Waals surface area contributed by atoms with Gasteiger partial charge in [0.05, 0.1) is 25.1 Å². The lowest BCUT2D eigenvalue weighted by atomic mass is 9.96. The van der Waals surface area contributed by atoms with Gasteiger partial charge in [-0.15, -0.1) is 0 Å². The summed E-state index contributed by atoms with van der Waals surface area (Å²) in [6.07, 6.45) is 0.620. The number of hydrogen-bond acceptors (Lipinski definition) is 5. The van der Waals surface area contributed by atoms with E-state index in [9.17, 15) is 9.90 Å². The highest BCUT2D eigenvalue weighted by Crippen LogP contribution is 2.32. The number of hydrogen-bond donors (Lipinski definition) is 1. The average molecular weight is 318 g/mol. The predicted octanol–water partition coefficient (Wildman–Crippen LogP) is 4.14. The van der Waals surface area contributed by atoms with Gasteiger partial charge < -0.3 is 14.0 Å². The van der Waals surface area contributed by atoms with E-state index in [-0.39, 0.29) is 17.6 Å². The Morgan fingerprint density at radius 1 is 1.18 bits per heavy atom. The van der Waals surface area contributed by atoms with E-state index in [1.807, 2.05) is 31.2 Å². The number of carbonyl (C=O) groups is 1. The van der Waals surface area contributed by atoms with Crippen LogP contribution in [0.2, 0.25) is 0 Å². The van der Waals surface area contributed by atoms with Gasteiger partial charge in [-0.25, -0.2) is 0 Å². The molecule has 0 aromatic heterocycles. The summed E-state index contributed by atoms with van der Waals surface area (Å²) in [5, 5.41) is 9.24. The minimum Gasteiger partial charge on any atom is -0.508 e. The van der Waals surface area contributed by atoms with E-state index in [1.165, 1.54) is 0 Å². The summed E-state index contributed by atoms with van der Waals surface area (Å²) in [5.74, 6) is 0.169. The van der Waals surface area contributed by atoms with Gasteiger partial charge in [0, 0.05) is 10.5 Å². The topological polar surface area (TPSA) is 55.8 Å². The quantitative estimate of drug-likeness (QED) is 0.811. The molecule has 5 heteroatoms. The van der Waals surface area contributed by atoms with Gasteiger partial charge in [0.1, 0.15) is 11.5 Å². The zero-order chi connectivity index (χ0) is 15.9. The van der Waals surface area contributed by atoms with Gasteiger partial charge in [-0.1, -0.05) is 25.1 Å². The van der Waals surface area contributed by atoms with Crippen LogP contribution in [0.1, 0.15) is 24.8 Å². The van der Waals surface area contributed by atoms with Crippen LogP contribution >= 0.6 is 12.0 Å². The molecule has 2 rings (SSSR count). The number of benzene rings is 2. The molecule has 0 aliphatic carbocycles. The largest absolute Gasteiger partial charge is 0.508 e. The summed E-state index contributed by atoms with van der Waals surface area (Å²) >= 11 is 0.988. The van der Waals surface area contributed by atoms with Crippen LogP contribution in [0.15, 0.2) is 53.4 Å². The lowest BCUT2D eigenvalue weighted by molar-refractivity contribution is -0.134. The number of aromatic hydroxyl groups is 1. The van der Waals surface area contributed by atoms with Crippen LogP contribution in [0.5, 0.6) is 11.5 Å². The van der Waals surface area contributed by atoms with Crippen LogP contribution in [0.3, 0.4) is 0 Å². The van der Waals surface area contributed by atoms with Crippen LogP contribution < -0.4 is 4.74 Å². The molecule has 0 bridgehead atoms. The highest BCUT2D eigenvalue weighted by molar-refractivity contribution is 7.95. The molecule has 0 fully saturated rings. The lowest BCUT2D eigenvalue weighted by Gasteiger charge is -2.16. The normalized spacial score (nSPS) is 11.7. The van der Waals surface area contributed by atoms with Crippen molar-refractivity contribution < 1.29 is 18.8 Å². The Balaban J connectivity index is 2.07. The first kappa shape index (κ1) is 16.2. The standard InChI is InChI=1S/C17H18O4S/c1-3-14(15-6-4-5-7-16(15)20-2)17(19)21-22-13-10-8-12(18)9-11-13/h4-11,14,18H,3H2,1-2H3. The SMILES string of the molecule is CCC(C(=O)OSc1ccc(O)cc1)c1ccccc1OC. The molecular weight excluding hydrogens is 300 g/mol. The van der Waals surface area contributed by atoms with E-state index in [2.05, 4.69) is 0 Å². The van der Waals surface area contributed by atoms with Gasteiger partial charge in [0.25, 0.3) is 0 Å². The zero-order valence-electron chi connectivity index (χ0n) is 12.5. The third-order valence-corrected chi connectivity index (χ3v) is 3.98. The van der Waals surface area contributed by atoms with E-state index in [0.29, 0.717) is 12.2 Å². The Morgan fingerprint density at radius 3 is 2.50 bits per heavy atom. The number of rotatable bonds is 6. The van der Waals surface area contributed by atoms with E-state index >= 15 is 0 Å². The van der Waals surface area contributed by atoms with Crippen LogP contribution in [0, 0.1) is 0 Å². The van der Waals surface area contributed by atoms with Crippen molar-refractivity contribution in [2.75, 3.05) is 7.11 Å². The molecule has 0 heterocycles. The number of methoxy groups -OCH3 is 1. The van der Waals surface area contributed by atoms with Crippen LogP contribution in [-0.4, -0.2) is 18.2 Å². The molecule has 0 aliphatic heterocycles. The van der Waals surface area contributed by atoms with E-state index < -0.39 is 0 Å². The van der Waals surface area contributed by atoms with Gasteiger partial charge in [-0.3, -0.25) is 4.79 Å². The molecule has 1 N–H and O–H groups in total. The number of phenolic OH excluding ortho intramolecular Hbond substituents is 1. The molecule has 0 saturated heterocycles. The van der Waals surface area contributed by atoms with Crippen LogP contribution in [0.4, 0.5) is 0 Å². The second-order valence-corrected chi connectivity index (χ2v) is 5.49. The molecule has 1 atom stereocenters. The van der Waals surface area contributed by atoms with Crippen molar-refractivity contribution in [2.45, 2.75) is 24.2 Å². The van der Waals surface area contributed by atoms with Crippen molar-refractivity contribution >= 4 is 18.0 Å². The molecule has 4 nitrogen and oxygen atoms in total. The number of phenols is 1. The van der Waals surface area contributed by atoms with E-state index in [1.54, 1.807) is 31.4 Å².